The molecule has 23 heavy (non-hydrogen) atoms. The summed E-state index contributed by atoms with van der Waals surface area (Å²) in [6.45, 7) is 6.79. The summed E-state index contributed by atoms with van der Waals surface area (Å²) in [5, 5.41) is 6.11. The van der Waals surface area contributed by atoms with Crippen molar-refractivity contribution in [1.82, 2.24) is 5.32 Å². The van der Waals surface area contributed by atoms with E-state index in [4.69, 9.17) is 16.3 Å². The fraction of sp³-hybridized carbons (Fsp3) is 0.278. The molecule has 0 heterocycles. The number of ether oxygens (including phenoxy) is 1. The van der Waals surface area contributed by atoms with Crippen LogP contribution < -0.4 is 15.4 Å². The molecule has 0 unspecified atom stereocenters. The number of halogens is 1. The molecule has 0 aliphatic carbocycles. The normalized spacial score (nSPS) is 10.3. The van der Waals surface area contributed by atoms with Crippen LogP contribution >= 0.6 is 11.6 Å². The molecule has 122 valence electrons. The van der Waals surface area contributed by atoms with E-state index in [1.807, 2.05) is 45.0 Å². The second kappa shape index (κ2) is 7.88. The summed E-state index contributed by atoms with van der Waals surface area (Å²) in [7, 11) is 0. The van der Waals surface area contributed by atoms with E-state index in [1.165, 1.54) is 0 Å². The summed E-state index contributed by atoms with van der Waals surface area (Å²) in [5.74, 6) is 0.815. The van der Waals surface area contributed by atoms with Crippen LogP contribution in [0.2, 0.25) is 5.02 Å². The van der Waals surface area contributed by atoms with Crippen molar-refractivity contribution in [2.24, 2.45) is 0 Å². The number of rotatable bonds is 5. The molecule has 0 aliphatic heterocycles. The Bertz CT molecular complexity index is 681. The number of urea groups is 1. The maximum atomic E-state index is 11.8. The zero-order valence-electron chi connectivity index (χ0n) is 13.6. The Morgan fingerprint density at radius 1 is 1.09 bits per heavy atom. The van der Waals surface area contributed by atoms with Gasteiger partial charge in [-0.05, 0) is 61.7 Å². The van der Waals surface area contributed by atoms with Crippen LogP contribution in [0.3, 0.4) is 0 Å². The van der Waals surface area contributed by atoms with Gasteiger partial charge in [-0.3, -0.25) is 0 Å². The lowest BCUT2D eigenvalue weighted by molar-refractivity contribution is 0.247. The van der Waals surface area contributed by atoms with E-state index in [9.17, 15) is 4.79 Å². The molecule has 0 aliphatic rings. The predicted octanol–water partition coefficient (Wildman–Crippen LogP) is 4.47. The van der Waals surface area contributed by atoms with Crippen LogP contribution in [-0.4, -0.2) is 19.2 Å². The number of benzene rings is 2. The molecule has 0 saturated carbocycles. The van der Waals surface area contributed by atoms with Gasteiger partial charge in [0.1, 0.15) is 12.4 Å². The van der Waals surface area contributed by atoms with Crippen LogP contribution in [0, 0.1) is 20.8 Å². The number of nitrogens with one attached hydrogen (secondary N) is 2. The minimum absolute atomic E-state index is 0.283. The summed E-state index contributed by atoms with van der Waals surface area (Å²) >= 11 is 6.03. The number of aryl methyl sites for hydroxylation is 3. The van der Waals surface area contributed by atoms with Crippen molar-refractivity contribution < 1.29 is 9.53 Å². The fourth-order valence-corrected chi connectivity index (χ4v) is 2.38. The molecule has 5 heteroatoms. The van der Waals surface area contributed by atoms with Gasteiger partial charge in [0, 0.05) is 10.7 Å². The molecule has 2 amide bonds. The zero-order valence-corrected chi connectivity index (χ0v) is 14.3. The topological polar surface area (TPSA) is 50.4 Å². The maximum absolute atomic E-state index is 11.8. The lowest BCUT2D eigenvalue weighted by atomic mass is 10.1. The first-order valence-corrected chi connectivity index (χ1v) is 7.84. The molecule has 2 aromatic carbocycles. The zero-order chi connectivity index (χ0) is 16.8. The molecule has 0 atom stereocenters. The first kappa shape index (κ1) is 17.2. The Morgan fingerprint density at radius 2 is 1.78 bits per heavy atom. The summed E-state index contributed by atoms with van der Waals surface area (Å²) in [5.41, 5.74) is 3.94. The quantitative estimate of drug-likeness (QED) is 0.794. The molecule has 0 saturated heterocycles. The summed E-state index contributed by atoms with van der Waals surface area (Å²) in [6, 6.07) is 11.2. The number of carbonyl (C=O) groups is 1. The first-order chi connectivity index (χ1) is 10.9. The van der Waals surface area contributed by atoms with Gasteiger partial charge in [-0.15, -0.1) is 0 Å². The van der Waals surface area contributed by atoms with Crippen LogP contribution in [-0.2, 0) is 0 Å². The van der Waals surface area contributed by atoms with Crippen LogP contribution in [0.5, 0.6) is 5.75 Å². The number of amides is 2. The van der Waals surface area contributed by atoms with E-state index in [0.717, 1.165) is 22.4 Å². The van der Waals surface area contributed by atoms with Gasteiger partial charge in [-0.25, -0.2) is 4.79 Å². The number of hydrogen-bond acceptors (Lipinski definition) is 2. The Labute approximate surface area is 141 Å². The standard InChI is InChI=1S/C18H21ClN2O2/c1-12-8-13(2)10-16(9-12)23-7-6-20-18(22)21-15-5-4-14(3)17(19)11-15/h4-5,8-11H,6-7H2,1-3H3,(H2,20,21,22). The second-order valence-electron chi connectivity index (χ2n) is 5.52. The van der Waals surface area contributed by atoms with Crippen molar-refractivity contribution >= 4 is 23.3 Å². The van der Waals surface area contributed by atoms with Crippen LogP contribution in [0.1, 0.15) is 16.7 Å². The SMILES string of the molecule is Cc1cc(C)cc(OCCNC(=O)Nc2ccc(C)c(Cl)c2)c1. The highest BCUT2D eigenvalue weighted by atomic mass is 35.5. The summed E-state index contributed by atoms with van der Waals surface area (Å²) < 4.78 is 5.64. The minimum atomic E-state index is -0.283. The lowest BCUT2D eigenvalue weighted by Gasteiger charge is -2.10. The number of hydrogen-bond donors (Lipinski definition) is 2. The fourth-order valence-electron chi connectivity index (χ4n) is 2.20. The highest BCUT2D eigenvalue weighted by Gasteiger charge is 2.03. The molecule has 0 aromatic heterocycles. The molecule has 2 aromatic rings. The molecule has 0 fully saturated rings. The summed E-state index contributed by atoms with van der Waals surface area (Å²) in [4.78, 5) is 11.8. The Hall–Kier alpha value is -2.20. The predicted molar refractivity (Wildman–Crippen MR) is 94.6 cm³/mol. The van der Waals surface area contributed by atoms with Crippen LogP contribution in [0.4, 0.5) is 10.5 Å². The third-order valence-electron chi connectivity index (χ3n) is 3.28. The first-order valence-electron chi connectivity index (χ1n) is 7.46. The van der Waals surface area contributed by atoms with Gasteiger partial charge >= 0.3 is 6.03 Å². The van der Waals surface area contributed by atoms with E-state index >= 15 is 0 Å². The van der Waals surface area contributed by atoms with E-state index in [0.29, 0.717) is 23.9 Å². The van der Waals surface area contributed by atoms with Crippen LogP contribution in [0.25, 0.3) is 0 Å². The minimum Gasteiger partial charge on any atom is -0.492 e. The molecular weight excluding hydrogens is 312 g/mol. The average Bonchev–Trinajstić information content (AvgIpc) is 2.46. The monoisotopic (exact) mass is 332 g/mol. The van der Waals surface area contributed by atoms with Crippen molar-refractivity contribution in [3.05, 3.63) is 58.1 Å². The van der Waals surface area contributed by atoms with Gasteiger partial charge in [0.05, 0.1) is 6.54 Å². The van der Waals surface area contributed by atoms with Gasteiger partial charge in [0.2, 0.25) is 0 Å². The molecular formula is C18H21ClN2O2. The summed E-state index contributed by atoms with van der Waals surface area (Å²) in [6.07, 6.45) is 0. The van der Waals surface area contributed by atoms with Gasteiger partial charge in [-0.1, -0.05) is 23.7 Å². The molecule has 0 spiro atoms. The highest BCUT2D eigenvalue weighted by Crippen LogP contribution is 2.19. The van der Waals surface area contributed by atoms with Crippen molar-refractivity contribution in [2.75, 3.05) is 18.5 Å². The molecule has 0 radical (unpaired) electrons. The molecule has 4 nitrogen and oxygen atoms in total. The van der Waals surface area contributed by atoms with E-state index in [1.54, 1.807) is 6.07 Å². The second-order valence-corrected chi connectivity index (χ2v) is 5.92. The highest BCUT2D eigenvalue weighted by molar-refractivity contribution is 6.31. The van der Waals surface area contributed by atoms with Crippen molar-refractivity contribution in [3.63, 3.8) is 0 Å². The van der Waals surface area contributed by atoms with Gasteiger partial charge < -0.3 is 15.4 Å². The van der Waals surface area contributed by atoms with Crippen molar-refractivity contribution in [3.8, 4) is 5.75 Å². The van der Waals surface area contributed by atoms with Crippen molar-refractivity contribution in [2.45, 2.75) is 20.8 Å². The van der Waals surface area contributed by atoms with Gasteiger partial charge in [0.25, 0.3) is 0 Å². The lowest BCUT2D eigenvalue weighted by Crippen LogP contribution is -2.32. The Kier molecular flexibility index (Phi) is 5.88. The van der Waals surface area contributed by atoms with Gasteiger partial charge in [0.15, 0.2) is 0 Å². The van der Waals surface area contributed by atoms with Crippen molar-refractivity contribution in [1.29, 1.82) is 0 Å². The Morgan fingerprint density at radius 3 is 2.43 bits per heavy atom. The number of carbonyl (C=O) groups excluding carboxylic acids is 1. The van der Waals surface area contributed by atoms with Gasteiger partial charge in [-0.2, -0.15) is 0 Å². The van der Waals surface area contributed by atoms with Crippen LogP contribution in [0.15, 0.2) is 36.4 Å². The van der Waals surface area contributed by atoms with E-state index in [-0.39, 0.29) is 6.03 Å². The number of anilines is 1. The third-order valence-corrected chi connectivity index (χ3v) is 3.69. The molecule has 0 bridgehead atoms. The van der Waals surface area contributed by atoms with E-state index in [2.05, 4.69) is 16.7 Å². The smallest absolute Gasteiger partial charge is 0.319 e. The Balaban J connectivity index is 1.75. The molecule has 2 rings (SSSR count). The third kappa shape index (κ3) is 5.49. The largest absolute Gasteiger partial charge is 0.492 e. The average molecular weight is 333 g/mol. The maximum Gasteiger partial charge on any atom is 0.319 e. The van der Waals surface area contributed by atoms with E-state index < -0.39 is 0 Å². The molecule has 2 N–H and O–H groups in total.